The second-order valence-electron chi connectivity index (χ2n) is 4.14. The van der Waals surface area contributed by atoms with Gasteiger partial charge in [0.1, 0.15) is 0 Å². The predicted molar refractivity (Wildman–Crippen MR) is 86.3 cm³/mol. The van der Waals surface area contributed by atoms with Gasteiger partial charge in [0.2, 0.25) is 0 Å². The maximum Gasteiger partial charge on any atom is 0.251 e. The molecular formula is C15H13ClINO. The topological polar surface area (TPSA) is 29.1 Å². The van der Waals surface area contributed by atoms with Gasteiger partial charge in [0, 0.05) is 21.6 Å². The number of nitrogens with one attached hydrogen (secondary N) is 1. The Morgan fingerprint density at radius 1 is 1.00 bits per heavy atom. The highest BCUT2D eigenvalue weighted by molar-refractivity contribution is 14.1. The molecule has 1 N–H and O–H groups in total. The lowest BCUT2D eigenvalue weighted by Crippen LogP contribution is -2.22. The van der Waals surface area contributed by atoms with Crippen LogP contribution in [0.25, 0.3) is 0 Å². The molecule has 1 amide bonds. The van der Waals surface area contributed by atoms with Crippen LogP contribution in [0.4, 0.5) is 0 Å². The number of halogens is 2. The third-order valence-electron chi connectivity index (χ3n) is 2.74. The van der Waals surface area contributed by atoms with Crippen LogP contribution in [0.5, 0.6) is 0 Å². The van der Waals surface area contributed by atoms with Crippen molar-refractivity contribution in [2.45, 2.75) is 12.4 Å². The average Bonchev–Trinajstić information content (AvgIpc) is 2.46. The number of amides is 1. The van der Waals surface area contributed by atoms with Crippen LogP contribution < -0.4 is 5.32 Å². The molecule has 0 radical (unpaired) electrons. The number of carbonyl (C=O) groups is 1. The molecule has 0 atom stereocenters. The highest BCUT2D eigenvalue weighted by atomic mass is 127. The van der Waals surface area contributed by atoms with Crippen molar-refractivity contribution in [2.75, 3.05) is 0 Å². The molecule has 2 aromatic carbocycles. The number of hydrogen-bond acceptors (Lipinski definition) is 1. The minimum absolute atomic E-state index is 0.0576. The Labute approximate surface area is 131 Å². The molecule has 98 valence electrons. The number of carbonyl (C=O) groups excluding carboxylic acids is 1. The second-order valence-corrected chi connectivity index (χ2v) is 5.65. The molecule has 0 aliphatic heterocycles. The van der Waals surface area contributed by atoms with E-state index < -0.39 is 0 Å². The summed E-state index contributed by atoms with van der Waals surface area (Å²) in [6.45, 7) is 0.521. The molecule has 0 bridgehead atoms. The molecule has 0 aliphatic carbocycles. The molecular weight excluding hydrogens is 373 g/mol. The smallest absolute Gasteiger partial charge is 0.251 e. The fraction of sp³-hybridized carbons (Fsp3) is 0.133. The molecule has 0 heterocycles. The Balaban J connectivity index is 1.94. The first kappa shape index (κ1) is 14.3. The molecule has 0 aliphatic rings. The summed E-state index contributed by atoms with van der Waals surface area (Å²) in [6, 6.07) is 15.4. The molecule has 4 heteroatoms. The summed E-state index contributed by atoms with van der Waals surface area (Å²) < 4.78 is 1.12. The van der Waals surface area contributed by atoms with Gasteiger partial charge in [0.25, 0.3) is 5.91 Å². The van der Waals surface area contributed by atoms with E-state index >= 15 is 0 Å². The van der Waals surface area contributed by atoms with Crippen LogP contribution in [0.3, 0.4) is 0 Å². The summed E-state index contributed by atoms with van der Waals surface area (Å²) in [5.74, 6) is 0.452. The minimum atomic E-state index is -0.0576. The first-order chi connectivity index (χ1) is 9.19. The van der Waals surface area contributed by atoms with Gasteiger partial charge >= 0.3 is 0 Å². The van der Waals surface area contributed by atoms with Crippen LogP contribution in [0, 0.1) is 3.57 Å². The highest BCUT2D eigenvalue weighted by Gasteiger charge is 2.04. The van der Waals surface area contributed by atoms with E-state index in [0.29, 0.717) is 18.0 Å². The van der Waals surface area contributed by atoms with Crippen molar-refractivity contribution in [1.29, 1.82) is 0 Å². The van der Waals surface area contributed by atoms with Gasteiger partial charge in [-0.1, -0.05) is 24.3 Å². The van der Waals surface area contributed by atoms with Crippen molar-refractivity contribution in [3.8, 4) is 0 Å². The zero-order valence-electron chi connectivity index (χ0n) is 10.2. The van der Waals surface area contributed by atoms with Gasteiger partial charge < -0.3 is 5.32 Å². The Bertz CT molecular complexity index is 551. The normalized spacial score (nSPS) is 10.2. The van der Waals surface area contributed by atoms with Gasteiger partial charge in [-0.25, -0.2) is 0 Å². The average molecular weight is 386 g/mol. The minimum Gasteiger partial charge on any atom is -0.348 e. The molecule has 0 saturated heterocycles. The van der Waals surface area contributed by atoms with Gasteiger partial charge in [-0.05, 0) is 58.0 Å². The molecule has 0 unspecified atom stereocenters. The third kappa shape index (κ3) is 4.21. The van der Waals surface area contributed by atoms with E-state index in [1.807, 2.05) is 48.5 Å². The Hall–Kier alpha value is -1.07. The second kappa shape index (κ2) is 6.91. The lowest BCUT2D eigenvalue weighted by molar-refractivity contribution is 0.0951. The molecule has 0 spiro atoms. The first-order valence-electron chi connectivity index (χ1n) is 5.86. The lowest BCUT2D eigenvalue weighted by atomic mass is 10.1. The number of hydrogen-bond donors (Lipinski definition) is 1. The summed E-state index contributed by atoms with van der Waals surface area (Å²) >= 11 is 7.94. The number of rotatable bonds is 4. The molecule has 2 nitrogen and oxygen atoms in total. The van der Waals surface area contributed by atoms with Gasteiger partial charge in [0.15, 0.2) is 0 Å². The zero-order valence-corrected chi connectivity index (χ0v) is 13.1. The summed E-state index contributed by atoms with van der Waals surface area (Å²) in [6.07, 6.45) is 0. The fourth-order valence-corrected chi connectivity index (χ4v) is 2.17. The summed E-state index contributed by atoms with van der Waals surface area (Å²) in [7, 11) is 0. The van der Waals surface area contributed by atoms with E-state index in [-0.39, 0.29) is 5.91 Å². The molecule has 2 aromatic rings. The van der Waals surface area contributed by atoms with Crippen LogP contribution in [-0.2, 0) is 12.4 Å². The highest BCUT2D eigenvalue weighted by Crippen LogP contribution is 2.08. The lowest BCUT2D eigenvalue weighted by Gasteiger charge is -2.06. The molecule has 0 fully saturated rings. The molecule has 19 heavy (non-hydrogen) atoms. The standard InChI is InChI=1S/C15H13ClINO/c16-9-11-1-3-12(4-2-11)10-18-15(19)13-5-7-14(17)8-6-13/h1-8H,9-10H2,(H,18,19). The third-order valence-corrected chi connectivity index (χ3v) is 3.76. The van der Waals surface area contributed by atoms with Crippen molar-refractivity contribution < 1.29 is 4.79 Å². The van der Waals surface area contributed by atoms with Crippen molar-refractivity contribution in [3.63, 3.8) is 0 Å². The van der Waals surface area contributed by atoms with Gasteiger partial charge in [-0.2, -0.15) is 0 Å². The van der Waals surface area contributed by atoms with E-state index in [9.17, 15) is 4.79 Å². The van der Waals surface area contributed by atoms with Gasteiger partial charge in [-0.3, -0.25) is 4.79 Å². The van der Waals surface area contributed by atoms with E-state index in [1.165, 1.54) is 0 Å². The van der Waals surface area contributed by atoms with E-state index in [4.69, 9.17) is 11.6 Å². The van der Waals surface area contributed by atoms with Crippen LogP contribution >= 0.6 is 34.2 Å². The molecule has 2 rings (SSSR count). The number of benzene rings is 2. The number of alkyl halides is 1. The molecule has 0 saturated carbocycles. The molecule has 0 aromatic heterocycles. The van der Waals surface area contributed by atoms with Gasteiger partial charge in [0.05, 0.1) is 0 Å². The zero-order chi connectivity index (χ0) is 13.7. The van der Waals surface area contributed by atoms with Gasteiger partial charge in [-0.15, -0.1) is 11.6 Å². The SMILES string of the molecule is O=C(NCc1ccc(CCl)cc1)c1ccc(I)cc1. The fourth-order valence-electron chi connectivity index (χ4n) is 1.63. The van der Waals surface area contributed by atoms with Crippen LogP contribution in [0.15, 0.2) is 48.5 Å². The summed E-state index contributed by atoms with van der Waals surface area (Å²) in [5, 5.41) is 2.90. The monoisotopic (exact) mass is 385 g/mol. The predicted octanol–water partition coefficient (Wildman–Crippen LogP) is 3.96. The first-order valence-corrected chi connectivity index (χ1v) is 7.48. The maximum atomic E-state index is 11.9. The summed E-state index contributed by atoms with van der Waals surface area (Å²) in [4.78, 5) is 11.9. The Morgan fingerprint density at radius 3 is 2.16 bits per heavy atom. The van der Waals surface area contributed by atoms with E-state index in [1.54, 1.807) is 0 Å². The van der Waals surface area contributed by atoms with E-state index in [0.717, 1.165) is 14.7 Å². The Kier molecular flexibility index (Phi) is 5.22. The largest absolute Gasteiger partial charge is 0.348 e. The quantitative estimate of drug-likeness (QED) is 0.626. The van der Waals surface area contributed by atoms with Crippen molar-refractivity contribution in [3.05, 3.63) is 68.8 Å². The van der Waals surface area contributed by atoms with E-state index in [2.05, 4.69) is 27.9 Å². The van der Waals surface area contributed by atoms with Crippen LogP contribution in [0.1, 0.15) is 21.5 Å². The van der Waals surface area contributed by atoms with Crippen LogP contribution in [0.2, 0.25) is 0 Å². The maximum absolute atomic E-state index is 11.9. The Morgan fingerprint density at radius 2 is 1.58 bits per heavy atom. The van der Waals surface area contributed by atoms with Crippen molar-refractivity contribution in [2.24, 2.45) is 0 Å². The summed E-state index contributed by atoms with van der Waals surface area (Å²) in [5.41, 5.74) is 2.82. The van der Waals surface area contributed by atoms with Crippen LogP contribution in [-0.4, -0.2) is 5.91 Å². The van der Waals surface area contributed by atoms with Crippen molar-refractivity contribution in [1.82, 2.24) is 5.32 Å². The van der Waals surface area contributed by atoms with Crippen molar-refractivity contribution >= 4 is 40.1 Å².